The number of nitrogens with zero attached hydrogens (tertiary/aromatic N) is 4. The van der Waals surface area contributed by atoms with Crippen LogP contribution in [-0.4, -0.2) is 25.5 Å². The summed E-state index contributed by atoms with van der Waals surface area (Å²) in [4.78, 5) is 21.6. The van der Waals surface area contributed by atoms with Crippen LogP contribution in [0.4, 0.5) is 0 Å². The molecule has 0 aliphatic heterocycles. The fourth-order valence-electron chi connectivity index (χ4n) is 3.50. The van der Waals surface area contributed by atoms with E-state index in [1.807, 2.05) is 34.9 Å². The molecule has 5 rings (SSSR count). The second-order valence-electron chi connectivity index (χ2n) is 7.00. The van der Waals surface area contributed by atoms with Crippen molar-refractivity contribution < 1.29 is 9.32 Å². The molecule has 6 nitrogen and oxygen atoms in total. The third-order valence-electron chi connectivity index (χ3n) is 5.02. The number of benzene rings is 2. The molecule has 5 aromatic rings. The van der Waals surface area contributed by atoms with Crippen LogP contribution < -0.4 is 0 Å². The summed E-state index contributed by atoms with van der Waals surface area (Å²) in [5.74, 6) is -0.321. The van der Waals surface area contributed by atoms with E-state index in [1.165, 1.54) is 0 Å². The van der Waals surface area contributed by atoms with Crippen LogP contribution >= 0.6 is 34.8 Å². The van der Waals surface area contributed by atoms with Crippen LogP contribution in [0.15, 0.2) is 71.5 Å². The molecule has 32 heavy (non-hydrogen) atoms. The minimum absolute atomic E-state index is 0.0850. The third-order valence-corrected chi connectivity index (χ3v) is 6.00. The van der Waals surface area contributed by atoms with Gasteiger partial charge in [0.05, 0.1) is 23.2 Å². The SMILES string of the molecule is O=C(c1noc(-c2cccnc2)n1)c1c(Cl)n(Cc2ccc(Cl)cc2Cl)c2ccccc12. The topological polar surface area (TPSA) is 73.8 Å². The van der Waals surface area contributed by atoms with E-state index < -0.39 is 5.78 Å². The summed E-state index contributed by atoms with van der Waals surface area (Å²) >= 11 is 19.1. The second-order valence-corrected chi connectivity index (χ2v) is 8.20. The first-order valence-corrected chi connectivity index (χ1v) is 10.7. The number of carbonyl (C=O) groups is 1. The summed E-state index contributed by atoms with van der Waals surface area (Å²) in [5.41, 5.74) is 2.51. The summed E-state index contributed by atoms with van der Waals surface area (Å²) in [6, 6.07) is 16.2. The fourth-order valence-corrected chi connectivity index (χ4v) is 4.30. The molecule has 0 amide bonds. The lowest BCUT2D eigenvalue weighted by atomic mass is 10.1. The van der Waals surface area contributed by atoms with Crippen LogP contribution in [0.3, 0.4) is 0 Å². The molecule has 0 radical (unpaired) electrons. The zero-order chi connectivity index (χ0) is 22.2. The number of pyridine rings is 1. The molecule has 0 N–H and O–H groups in total. The van der Waals surface area contributed by atoms with Crippen molar-refractivity contribution in [2.75, 3.05) is 0 Å². The predicted octanol–water partition coefficient (Wildman–Crippen LogP) is 6.33. The largest absolute Gasteiger partial charge is 0.333 e. The Morgan fingerprint density at radius 3 is 2.66 bits per heavy atom. The molecule has 9 heteroatoms. The number of carbonyl (C=O) groups excluding carboxylic acids is 1. The third kappa shape index (κ3) is 3.66. The Hall–Kier alpha value is -3.19. The van der Waals surface area contributed by atoms with Crippen molar-refractivity contribution in [2.24, 2.45) is 0 Å². The van der Waals surface area contributed by atoms with Gasteiger partial charge in [-0.3, -0.25) is 9.78 Å². The highest BCUT2D eigenvalue weighted by atomic mass is 35.5. The van der Waals surface area contributed by atoms with Crippen LogP contribution in [0.25, 0.3) is 22.4 Å². The molecule has 0 fully saturated rings. The molecule has 3 aromatic heterocycles. The highest BCUT2D eigenvalue weighted by Gasteiger charge is 2.26. The molecule has 0 unspecified atom stereocenters. The monoisotopic (exact) mass is 482 g/mol. The number of halogens is 3. The van der Waals surface area contributed by atoms with Crippen molar-refractivity contribution in [1.29, 1.82) is 0 Å². The van der Waals surface area contributed by atoms with Gasteiger partial charge in [0.2, 0.25) is 11.6 Å². The molecule has 0 aliphatic rings. The number of para-hydroxylation sites is 1. The number of hydrogen-bond acceptors (Lipinski definition) is 5. The van der Waals surface area contributed by atoms with E-state index in [0.29, 0.717) is 33.1 Å². The number of ketones is 1. The van der Waals surface area contributed by atoms with Crippen molar-refractivity contribution in [3.8, 4) is 11.5 Å². The Morgan fingerprint density at radius 1 is 1.03 bits per heavy atom. The van der Waals surface area contributed by atoms with E-state index in [4.69, 9.17) is 39.3 Å². The summed E-state index contributed by atoms with van der Waals surface area (Å²) in [7, 11) is 0. The normalized spacial score (nSPS) is 11.2. The average Bonchev–Trinajstić information content (AvgIpc) is 3.40. The molecule has 2 aromatic carbocycles. The van der Waals surface area contributed by atoms with Crippen molar-refractivity contribution in [3.63, 3.8) is 0 Å². The lowest BCUT2D eigenvalue weighted by molar-refractivity contribution is 0.102. The molecular formula is C23H13Cl3N4O2. The number of rotatable bonds is 5. The molecule has 0 spiro atoms. The Kier molecular flexibility index (Phi) is 5.43. The zero-order valence-corrected chi connectivity index (χ0v) is 18.6. The first-order valence-electron chi connectivity index (χ1n) is 9.52. The van der Waals surface area contributed by atoms with Gasteiger partial charge in [0.1, 0.15) is 5.15 Å². The van der Waals surface area contributed by atoms with Gasteiger partial charge in [-0.05, 0) is 35.9 Å². The summed E-state index contributed by atoms with van der Waals surface area (Å²) in [6.07, 6.45) is 3.21. The first-order chi connectivity index (χ1) is 15.5. The quantitative estimate of drug-likeness (QED) is 0.273. The maximum Gasteiger partial charge on any atom is 0.259 e. The van der Waals surface area contributed by atoms with Crippen molar-refractivity contribution in [2.45, 2.75) is 6.54 Å². The summed E-state index contributed by atoms with van der Waals surface area (Å²) < 4.78 is 7.09. The minimum Gasteiger partial charge on any atom is -0.333 e. The molecule has 0 atom stereocenters. The lowest BCUT2D eigenvalue weighted by Gasteiger charge is -2.09. The van der Waals surface area contributed by atoms with Gasteiger partial charge in [-0.15, -0.1) is 0 Å². The van der Waals surface area contributed by atoms with Gasteiger partial charge in [0.25, 0.3) is 5.89 Å². The predicted molar refractivity (Wildman–Crippen MR) is 123 cm³/mol. The maximum absolute atomic E-state index is 13.4. The molecular weight excluding hydrogens is 471 g/mol. The Bertz CT molecular complexity index is 1460. The van der Waals surface area contributed by atoms with Gasteiger partial charge < -0.3 is 9.09 Å². The standard InChI is InChI=1S/C23H13Cl3N4O2/c24-15-8-7-14(17(25)10-15)12-30-18-6-2-1-5-16(18)19(21(30)26)20(31)22-28-23(32-29-22)13-4-3-9-27-11-13/h1-11H,12H2. The molecule has 0 saturated carbocycles. The highest BCUT2D eigenvalue weighted by Crippen LogP contribution is 2.34. The van der Waals surface area contributed by atoms with Crippen molar-refractivity contribution in [3.05, 3.63) is 99.1 Å². The van der Waals surface area contributed by atoms with Crippen molar-refractivity contribution >= 4 is 51.5 Å². The van der Waals surface area contributed by atoms with Crippen LogP contribution in [0.2, 0.25) is 15.2 Å². The number of fused-ring (bicyclic) bond motifs is 1. The van der Waals surface area contributed by atoms with E-state index in [-0.39, 0.29) is 16.9 Å². The first kappa shape index (κ1) is 20.7. The van der Waals surface area contributed by atoms with Gasteiger partial charge >= 0.3 is 0 Å². The zero-order valence-electron chi connectivity index (χ0n) is 16.3. The highest BCUT2D eigenvalue weighted by molar-refractivity contribution is 6.37. The average molecular weight is 484 g/mol. The van der Waals surface area contributed by atoms with E-state index in [2.05, 4.69) is 15.1 Å². The summed E-state index contributed by atoms with van der Waals surface area (Å²) in [5, 5.41) is 5.86. The molecule has 0 saturated heterocycles. The molecule has 3 heterocycles. The molecule has 0 aliphatic carbocycles. The van der Waals surface area contributed by atoms with E-state index >= 15 is 0 Å². The molecule has 158 valence electrons. The van der Waals surface area contributed by atoms with Crippen LogP contribution in [0.1, 0.15) is 21.7 Å². The van der Waals surface area contributed by atoms with E-state index in [0.717, 1.165) is 11.1 Å². The Labute approximate surface area is 197 Å². The minimum atomic E-state index is -0.439. The van der Waals surface area contributed by atoms with Gasteiger partial charge in [-0.1, -0.05) is 64.2 Å². The van der Waals surface area contributed by atoms with Gasteiger partial charge in [0.15, 0.2) is 0 Å². The van der Waals surface area contributed by atoms with Crippen LogP contribution in [-0.2, 0) is 6.54 Å². The number of hydrogen-bond donors (Lipinski definition) is 0. The fraction of sp³-hybridized carbons (Fsp3) is 0.0435. The van der Waals surface area contributed by atoms with E-state index in [1.54, 1.807) is 36.7 Å². The number of aromatic nitrogens is 4. The maximum atomic E-state index is 13.4. The van der Waals surface area contributed by atoms with Crippen molar-refractivity contribution in [1.82, 2.24) is 19.7 Å². The molecule has 0 bridgehead atoms. The summed E-state index contributed by atoms with van der Waals surface area (Å²) in [6.45, 7) is 0.357. The van der Waals surface area contributed by atoms with E-state index in [9.17, 15) is 4.79 Å². The van der Waals surface area contributed by atoms with Crippen LogP contribution in [0, 0.1) is 0 Å². The van der Waals surface area contributed by atoms with Gasteiger partial charge in [-0.25, -0.2) is 0 Å². The van der Waals surface area contributed by atoms with Gasteiger partial charge in [-0.2, -0.15) is 4.98 Å². The Balaban J connectivity index is 1.58. The lowest BCUT2D eigenvalue weighted by Crippen LogP contribution is -2.06. The Morgan fingerprint density at radius 2 is 1.88 bits per heavy atom. The smallest absolute Gasteiger partial charge is 0.259 e. The van der Waals surface area contributed by atoms with Gasteiger partial charge in [0, 0.05) is 27.8 Å². The van der Waals surface area contributed by atoms with Crippen LogP contribution in [0.5, 0.6) is 0 Å². The second kappa shape index (κ2) is 8.39.